The molecule has 0 saturated heterocycles. The summed E-state index contributed by atoms with van der Waals surface area (Å²) in [6.07, 6.45) is 1.99. The molecule has 126 valence electrons. The highest BCUT2D eigenvalue weighted by molar-refractivity contribution is 5.94. The monoisotopic (exact) mass is 332 g/mol. The molecule has 0 spiro atoms. The van der Waals surface area contributed by atoms with E-state index in [2.05, 4.69) is 20.8 Å². The quantitative estimate of drug-likeness (QED) is 0.708. The van der Waals surface area contributed by atoms with E-state index in [9.17, 15) is 14.0 Å². The topological polar surface area (TPSA) is 96.1 Å². The van der Waals surface area contributed by atoms with Crippen molar-refractivity contribution in [2.24, 2.45) is 0 Å². The fourth-order valence-electron chi connectivity index (χ4n) is 2.03. The number of aromatic amines is 1. The summed E-state index contributed by atoms with van der Waals surface area (Å²) >= 11 is 0. The second kappa shape index (κ2) is 7.12. The van der Waals surface area contributed by atoms with Crippen LogP contribution >= 0.6 is 0 Å². The molecule has 0 radical (unpaired) electrons. The summed E-state index contributed by atoms with van der Waals surface area (Å²) < 4.78 is 18.5. The van der Waals surface area contributed by atoms with Crippen LogP contribution in [0.1, 0.15) is 29.0 Å². The Morgan fingerprint density at radius 3 is 2.92 bits per heavy atom. The normalized spacial score (nSPS) is 13.4. The number of amides is 2. The van der Waals surface area contributed by atoms with Gasteiger partial charge in [-0.25, -0.2) is 4.39 Å². The number of hydrogen-bond donors (Lipinski definition) is 3. The summed E-state index contributed by atoms with van der Waals surface area (Å²) in [5.74, 6) is -0.667. The van der Waals surface area contributed by atoms with Gasteiger partial charge in [0, 0.05) is 12.1 Å². The van der Waals surface area contributed by atoms with Gasteiger partial charge >= 0.3 is 0 Å². The maximum atomic E-state index is 13.1. The lowest BCUT2D eigenvalue weighted by Crippen LogP contribution is -2.37. The lowest BCUT2D eigenvalue weighted by molar-refractivity contribution is -0.120. The van der Waals surface area contributed by atoms with E-state index in [0.717, 1.165) is 12.8 Å². The number of hydrogen-bond acceptors (Lipinski definition) is 4. The summed E-state index contributed by atoms with van der Waals surface area (Å²) in [6, 6.07) is 7.54. The molecule has 0 aliphatic heterocycles. The summed E-state index contributed by atoms with van der Waals surface area (Å²) in [4.78, 5) is 23.4. The number of nitrogens with one attached hydrogen (secondary N) is 3. The van der Waals surface area contributed by atoms with Crippen LogP contribution in [0.2, 0.25) is 0 Å². The molecular weight excluding hydrogens is 315 g/mol. The van der Waals surface area contributed by atoms with Crippen molar-refractivity contribution in [3.63, 3.8) is 0 Å². The van der Waals surface area contributed by atoms with Gasteiger partial charge in [0.1, 0.15) is 23.9 Å². The Bertz CT molecular complexity index is 742. The van der Waals surface area contributed by atoms with Gasteiger partial charge in [0.05, 0.1) is 12.2 Å². The predicted octanol–water partition coefficient (Wildman–Crippen LogP) is 1.14. The second-order valence-electron chi connectivity index (χ2n) is 5.55. The van der Waals surface area contributed by atoms with Crippen LogP contribution in [0.3, 0.4) is 0 Å². The second-order valence-corrected chi connectivity index (χ2v) is 5.55. The van der Waals surface area contributed by atoms with Gasteiger partial charge < -0.3 is 15.4 Å². The van der Waals surface area contributed by atoms with E-state index in [-0.39, 0.29) is 36.6 Å². The molecule has 1 heterocycles. The molecule has 0 unspecified atom stereocenters. The summed E-state index contributed by atoms with van der Waals surface area (Å²) in [6.45, 7) is 0.0310. The Kier molecular flexibility index (Phi) is 4.74. The minimum Gasteiger partial charge on any atom is -0.487 e. The fraction of sp³-hybridized carbons (Fsp3) is 0.312. The molecule has 3 rings (SSSR count). The smallest absolute Gasteiger partial charge is 0.272 e. The molecule has 1 aromatic carbocycles. The van der Waals surface area contributed by atoms with E-state index in [1.165, 1.54) is 18.2 Å². The van der Waals surface area contributed by atoms with Gasteiger partial charge in [-0.2, -0.15) is 5.10 Å². The minimum absolute atomic E-state index is 0.0860. The van der Waals surface area contributed by atoms with Gasteiger partial charge in [-0.1, -0.05) is 6.07 Å². The molecule has 0 atom stereocenters. The molecule has 8 heteroatoms. The number of halogens is 1. The number of carbonyl (C=O) groups excluding carboxylic acids is 2. The molecule has 1 aliphatic carbocycles. The van der Waals surface area contributed by atoms with Crippen LogP contribution in [-0.4, -0.2) is 34.6 Å². The van der Waals surface area contributed by atoms with Crippen molar-refractivity contribution >= 4 is 11.8 Å². The van der Waals surface area contributed by atoms with Gasteiger partial charge in [-0.3, -0.25) is 14.7 Å². The SMILES string of the molecule is O=C(CNC(=O)c1cc(COc2cccc(F)c2)[nH]n1)NC1CC1. The van der Waals surface area contributed by atoms with Gasteiger partial charge in [0.25, 0.3) is 5.91 Å². The summed E-state index contributed by atoms with van der Waals surface area (Å²) in [5.41, 5.74) is 0.721. The van der Waals surface area contributed by atoms with E-state index >= 15 is 0 Å². The first kappa shape index (κ1) is 16.0. The molecule has 2 amide bonds. The molecule has 2 aromatic rings. The Morgan fingerprint density at radius 1 is 1.33 bits per heavy atom. The zero-order valence-corrected chi connectivity index (χ0v) is 12.8. The molecule has 1 fully saturated rings. The number of H-pyrrole nitrogens is 1. The van der Waals surface area contributed by atoms with Crippen molar-refractivity contribution in [3.8, 4) is 5.75 Å². The van der Waals surface area contributed by atoms with Crippen LogP contribution in [0.15, 0.2) is 30.3 Å². The first-order chi connectivity index (χ1) is 11.6. The molecule has 1 aromatic heterocycles. The lowest BCUT2D eigenvalue weighted by Gasteiger charge is -2.04. The standard InChI is InChI=1S/C16H17FN4O3/c17-10-2-1-3-13(6-10)24-9-12-7-14(21-20-12)16(23)18-8-15(22)19-11-4-5-11/h1-3,6-7,11H,4-5,8-9H2,(H,18,23)(H,19,22)(H,20,21). The van der Waals surface area contributed by atoms with Crippen molar-refractivity contribution in [3.05, 3.63) is 47.5 Å². The summed E-state index contributed by atoms with van der Waals surface area (Å²) in [7, 11) is 0. The van der Waals surface area contributed by atoms with Gasteiger partial charge in [0.2, 0.25) is 5.91 Å². The highest BCUT2D eigenvalue weighted by Crippen LogP contribution is 2.18. The van der Waals surface area contributed by atoms with Crippen molar-refractivity contribution in [2.45, 2.75) is 25.5 Å². The van der Waals surface area contributed by atoms with Gasteiger partial charge in [0.15, 0.2) is 0 Å². The van der Waals surface area contributed by atoms with Crippen molar-refractivity contribution < 1.29 is 18.7 Å². The van der Waals surface area contributed by atoms with E-state index < -0.39 is 5.91 Å². The first-order valence-corrected chi connectivity index (χ1v) is 7.60. The highest BCUT2D eigenvalue weighted by Gasteiger charge is 2.23. The third-order valence-corrected chi connectivity index (χ3v) is 3.41. The average molecular weight is 332 g/mol. The predicted molar refractivity (Wildman–Crippen MR) is 82.8 cm³/mol. The molecule has 0 bridgehead atoms. The molecule has 7 nitrogen and oxygen atoms in total. The third kappa shape index (κ3) is 4.55. The third-order valence-electron chi connectivity index (χ3n) is 3.41. The molecular formula is C16H17FN4O3. The van der Waals surface area contributed by atoms with E-state index in [4.69, 9.17) is 4.74 Å². The highest BCUT2D eigenvalue weighted by atomic mass is 19.1. The van der Waals surface area contributed by atoms with Crippen LogP contribution in [0.4, 0.5) is 4.39 Å². The number of ether oxygens (including phenoxy) is 1. The maximum Gasteiger partial charge on any atom is 0.272 e. The number of aromatic nitrogens is 2. The number of rotatable bonds is 7. The Morgan fingerprint density at radius 2 is 2.17 bits per heavy atom. The number of benzene rings is 1. The Labute approximate surface area is 137 Å². The average Bonchev–Trinajstić information content (AvgIpc) is 3.24. The molecule has 3 N–H and O–H groups in total. The molecule has 24 heavy (non-hydrogen) atoms. The maximum absolute atomic E-state index is 13.1. The fourth-order valence-corrected chi connectivity index (χ4v) is 2.03. The molecule has 1 aliphatic rings. The van der Waals surface area contributed by atoms with E-state index in [1.807, 2.05) is 0 Å². The van der Waals surface area contributed by atoms with Gasteiger partial charge in [-0.15, -0.1) is 0 Å². The number of nitrogens with zero attached hydrogens (tertiary/aromatic N) is 1. The molecule has 1 saturated carbocycles. The van der Waals surface area contributed by atoms with Crippen molar-refractivity contribution in [2.75, 3.05) is 6.54 Å². The Balaban J connectivity index is 1.47. The van der Waals surface area contributed by atoms with Crippen molar-refractivity contribution in [1.29, 1.82) is 0 Å². The van der Waals surface area contributed by atoms with Crippen LogP contribution < -0.4 is 15.4 Å². The zero-order chi connectivity index (χ0) is 16.9. The van der Waals surface area contributed by atoms with E-state index in [0.29, 0.717) is 11.4 Å². The number of carbonyl (C=O) groups is 2. The summed E-state index contributed by atoms with van der Waals surface area (Å²) in [5, 5.41) is 11.8. The van der Waals surface area contributed by atoms with Gasteiger partial charge in [-0.05, 0) is 31.0 Å². The van der Waals surface area contributed by atoms with Crippen LogP contribution in [0.25, 0.3) is 0 Å². The first-order valence-electron chi connectivity index (χ1n) is 7.60. The largest absolute Gasteiger partial charge is 0.487 e. The minimum atomic E-state index is -0.450. The Hall–Kier alpha value is -2.90. The van der Waals surface area contributed by atoms with Crippen LogP contribution in [0, 0.1) is 5.82 Å². The lowest BCUT2D eigenvalue weighted by atomic mass is 10.3. The van der Waals surface area contributed by atoms with Crippen LogP contribution in [0.5, 0.6) is 5.75 Å². The van der Waals surface area contributed by atoms with Crippen molar-refractivity contribution in [1.82, 2.24) is 20.8 Å². The van der Waals surface area contributed by atoms with E-state index in [1.54, 1.807) is 12.1 Å². The van der Waals surface area contributed by atoms with Crippen LogP contribution in [-0.2, 0) is 11.4 Å². The zero-order valence-electron chi connectivity index (χ0n) is 12.8.